The molecule has 0 aliphatic rings. The molecule has 1 aromatic heterocycles. The summed E-state index contributed by atoms with van der Waals surface area (Å²) in [6, 6.07) is 3.43. The van der Waals surface area contributed by atoms with Crippen LogP contribution in [0.25, 0.3) is 0 Å². The third kappa shape index (κ3) is 2.51. The number of benzene rings is 1. The highest BCUT2D eigenvalue weighted by Gasteiger charge is 2.15. The van der Waals surface area contributed by atoms with Crippen LogP contribution in [0.2, 0.25) is 0 Å². The number of aromatic nitrogens is 2. The van der Waals surface area contributed by atoms with E-state index in [2.05, 4.69) is 15.5 Å². The number of hydrogen-bond acceptors (Lipinski definition) is 5. The van der Waals surface area contributed by atoms with E-state index in [0.29, 0.717) is 11.3 Å². The predicted octanol–water partition coefficient (Wildman–Crippen LogP) is 1.58. The molecule has 0 aliphatic carbocycles. The van der Waals surface area contributed by atoms with E-state index in [1.54, 1.807) is 6.92 Å². The van der Waals surface area contributed by atoms with Gasteiger partial charge in [-0.1, -0.05) is 0 Å². The molecule has 0 saturated carbocycles. The van der Waals surface area contributed by atoms with Crippen LogP contribution < -0.4 is 5.32 Å². The summed E-state index contributed by atoms with van der Waals surface area (Å²) in [4.78, 5) is 21.7. The van der Waals surface area contributed by atoms with Crippen LogP contribution in [-0.4, -0.2) is 26.1 Å². The number of rotatable bonds is 3. The Balaban J connectivity index is 2.23. The molecule has 1 aromatic carbocycles. The number of nitro benzene ring substituents is 1. The minimum absolute atomic E-state index is 0.0937. The zero-order chi connectivity index (χ0) is 14.0. The quantitative estimate of drug-likeness (QED) is 0.440. The van der Waals surface area contributed by atoms with Crippen molar-refractivity contribution in [2.75, 3.05) is 5.32 Å². The van der Waals surface area contributed by atoms with Crippen molar-refractivity contribution in [2.24, 2.45) is 0 Å². The van der Waals surface area contributed by atoms with Crippen molar-refractivity contribution in [2.45, 2.75) is 6.92 Å². The van der Waals surface area contributed by atoms with Crippen molar-refractivity contribution in [1.29, 1.82) is 0 Å². The molecule has 0 atom stereocenters. The van der Waals surface area contributed by atoms with Crippen molar-refractivity contribution in [3.8, 4) is 5.75 Å². The fourth-order valence-electron chi connectivity index (χ4n) is 1.51. The van der Waals surface area contributed by atoms with Crippen LogP contribution in [-0.2, 0) is 0 Å². The highest BCUT2D eigenvalue weighted by Crippen LogP contribution is 2.28. The minimum Gasteiger partial charge on any atom is -0.506 e. The van der Waals surface area contributed by atoms with Gasteiger partial charge < -0.3 is 10.4 Å². The van der Waals surface area contributed by atoms with Crippen molar-refractivity contribution >= 4 is 17.3 Å². The third-order valence-corrected chi connectivity index (χ3v) is 2.51. The number of aromatic hydroxyl groups is 1. The van der Waals surface area contributed by atoms with Crippen LogP contribution in [0.1, 0.15) is 16.1 Å². The summed E-state index contributed by atoms with van der Waals surface area (Å²) in [7, 11) is 0. The summed E-state index contributed by atoms with van der Waals surface area (Å²) < 4.78 is 0. The normalized spacial score (nSPS) is 10.2. The number of hydrogen-bond donors (Lipinski definition) is 3. The number of anilines is 1. The van der Waals surface area contributed by atoms with Crippen LogP contribution in [0.4, 0.5) is 11.4 Å². The molecule has 2 aromatic rings. The van der Waals surface area contributed by atoms with Gasteiger partial charge in [0.1, 0.15) is 5.75 Å². The average Bonchev–Trinajstić information content (AvgIpc) is 2.77. The van der Waals surface area contributed by atoms with Gasteiger partial charge in [0.05, 0.1) is 28.4 Å². The number of carbonyl (C=O) groups excluding carboxylic acids is 1. The van der Waals surface area contributed by atoms with Gasteiger partial charge in [0.15, 0.2) is 0 Å². The average molecular weight is 262 g/mol. The highest BCUT2D eigenvalue weighted by molar-refractivity contribution is 6.05. The predicted molar refractivity (Wildman–Crippen MR) is 66.0 cm³/mol. The molecule has 98 valence electrons. The lowest BCUT2D eigenvalue weighted by Crippen LogP contribution is -2.12. The SMILES string of the molecule is Cc1[nH]ncc1C(=O)Nc1ccc([N+](=O)[O-])cc1O. The van der Waals surface area contributed by atoms with E-state index in [9.17, 15) is 20.0 Å². The Morgan fingerprint density at radius 3 is 2.79 bits per heavy atom. The smallest absolute Gasteiger partial charge is 0.273 e. The van der Waals surface area contributed by atoms with Crippen LogP contribution in [0, 0.1) is 17.0 Å². The molecule has 19 heavy (non-hydrogen) atoms. The number of nitrogens with one attached hydrogen (secondary N) is 2. The first-order chi connectivity index (χ1) is 8.99. The Kier molecular flexibility index (Phi) is 3.15. The number of aromatic amines is 1. The molecular weight excluding hydrogens is 252 g/mol. The Morgan fingerprint density at radius 2 is 2.26 bits per heavy atom. The molecular formula is C11H10N4O4. The third-order valence-electron chi connectivity index (χ3n) is 2.51. The Labute approximate surface area is 107 Å². The zero-order valence-corrected chi connectivity index (χ0v) is 9.88. The molecule has 0 unspecified atom stereocenters. The summed E-state index contributed by atoms with van der Waals surface area (Å²) >= 11 is 0. The number of nitrogens with zero attached hydrogens (tertiary/aromatic N) is 2. The van der Waals surface area contributed by atoms with Crippen molar-refractivity contribution in [3.63, 3.8) is 0 Å². The summed E-state index contributed by atoms with van der Waals surface area (Å²) in [6.07, 6.45) is 1.35. The molecule has 8 heteroatoms. The summed E-state index contributed by atoms with van der Waals surface area (Å²) in [5.74, 6) is -0.834. The lowest BCUT2D eigenvalue weighted by molar-refractivity contribution is -0.384. The highest BCUT2D eigenvalue weighted by atomic mass is 16.6. The second-order valence-corrected chi connectivity index (χ2v) is 3.82. The molecule has 0 spiro atoms. The second kappa shape index (κ2) is 4.77. The first kappa shape index (κ1) is 12.6. The zero-order valence-electron chi connectivity index (χ0n) is 9.88. The van der Waals surface area contributed by atoms with E-state index in [4.69, 9.17) is 0 Å². The van der Waals surface area contributed by atoms with Gasteiger partial charge in [0, 0.05) is 11.8 Å². The van der Waals surface area contributed by atoms with E-state index in [0.717, 1.165) is 6.07 Å². The molecule has 0 saturated heterocycles. The standard InChI is InChI=1S/C11H10N4O4/c1-6-8(5-12-14-6)11(17)13-9-3-2-7(15(18)19)4-10(9)16/h2-5,16H,1H3,(H,12,14)(H,13,17). The Hall–Kier alpha value is -2.90. The van der Waals surface area contributed by atoms with E-state index in [-0.39, 0.29) is 17.1 Å². The molecule has 0 radical (unpaired) electrons. The lowest BCUT2D eigenvalue weighted by atomic mass is 10.2. The first-order valence-corrected chi connectivity index (χ1v) is 5.28. The van der Waals surface area contributed by atoms with Gasteiger partial charge >= 0.3 is 0 Å². The van der Waals surface area contributed by atoms with Gasteiger partial charge in [-0.15, -0.1) is 0 Å². The molecule has 0 aliphatic heterocycles. The minimum atomic E-state index is -0.633. The molecule has 2 rings (SSSR count). The molecule has 8 nitrogen and oxygen atoms in total. The lowest BCUT2D eigenvalue weighted by Gasteiger charge is -2.06. The van der Waals surface area contributed by atoms with Gasteiger partial charge in [-0.2, -0.15) is 5.10 Å². The number of nitro groups is 1. The van der Waals surface area contributed by atoms with Crippen LogP contribution in [0.15, 0.2) is 24.4 Å². The number of non-ortho nitro benzene ring substituents is 1. The van der Waals surface area contributed by atoms with Crippen LogP contribution in [0.5, 0.6) is 5.75 Å². The number of amides is 1. The summed E-state index contributed by atoms with van der Waals surface area (Å²) in [5.41, 5.74) is 0.753. The fourth-order valence-corrected chi connectivity index (χ4v) is 1.51. The van der Waals surface area contributed by atoms with E-state index in [1.165, 1.54) is 18.3 Å². The number of phenols is 1. The van der Waals surface area contributed by atoms with Gasteiger partial charge in [-0.3, -0.25) is 20.0 Å². The first-order valence-electron chi connectivity index (χ1n) is 5.28. The largest absolute Gasteiger partial charge is 0.506 e. The van der Waals surface area contributed by atoms with E-state index >= 15 is 0 Å². The number of H-pyrrole nitrogens is 1. The van der Waals surface area contributed by atoms with E-state index < -0.39 is 10.8 Å². The van der Waals surface area contributed by atoms with Crippen molar-refractivity contribution in [1.82, 2.24) is 10.2 Å². The van der Waals surface area contributed by atoms with Crippen molar-refractivity contribution in [3.05, 3.63) is 45.8 Å². The number of aryl methyl sites for hydroxylation is 1. The van der Waals surface area contributed by atoms with Gasteiger partial charge in [-0.25, -0.2) is 0 Å². The fraction of sp³-hybridized carbons (Fsp3) is 0.0909. The van der Waals surface area contributed by atoms with Crippen molar-refractivity contribution < 1.29 is 14.8 Å². The maximum Gasteiger partial charge on any atom is 0.273 e. The molecule has 1 heterocycles. The second-order valence-electron chi connectivity index (χ2n) is 3.82. The molecule has 0 bridgehead atoms. The Morgan fingerprint density at radius 1 is 1.53 bits per heavy atom. The van der Waals surface area contributed by atoms with Gasteiger partial charge in [0.2, 0.25) is 0 Å². The number of carbonyl (C=O) groups is 1. The van der Waals surface area contributed by atoms with Gasteiger partial charge in [-0.05, 0) is 13.0 Å². The maximum absolute atomic E-state index is 11.9. The summed E-state index contributed by atoms with van der Waals surface area (Å²) in [5, 5.41) is 28.9. The monoisotopic (exact) mass is 262 g/mol. The van der Waals surface area contributed by atoms with Crippen LogP contribution in [0.3, 0.4) is 0 Å². The molecule has 1 amide bonds. The Bertz CT molecular complexity index is 650. The van der Waals surface area contributed by atoms with E-state index in [1.807, 2.05) is 0 Å². The maximum atomic E-state index is 11.9. The number of phenolic OH excluding ortho intramolecular Hbond substituents is 1. The molecule has 3 N–H and O–H groups in total. The van der Waals surface area contributed by atoms with Gasteiger partial charge in [0.25, 0.3) is 11.6 Å². The molecule has 0 fully saturated rings. The van der Waals surface area contributed by atoms with Crippen LogP contribution >= 0.6 is 0 Å². The topological polar surface area (TPSA) is 121 Å². The summed E-state index contributed by atoms with van der Waals surface area (Å²) in [6.45, 7) is 1.68.